The van der Waals surface area contributed by atoms with Crippen molar-refractivity contribution in [2.45, 2.75) is 31.6 Å². The van der Waals surface area contributed by atoms with Crippen LogP contribution in [0, 0.1) is 17.2 Å². The van der Waals surface area contributed by atoms with Crippen LogP contribution in [0.25, 0.3) is 11.1 Å². The summed E-state index contributed by atoms with van der Waals surface area (Å²) in [5.41, 5.74) is 2.29. The number of aromatic nitrogens is 1. The van der Waals surface area contributed by atoms with E-state index in [1.54, 1.807) is 22.8 Å². The van der Waals surface area contributed by atoms with Crippen LogP contribution in [0.15, 0.2) is 65.5 Å². The van der Waals surface area contributed by atoms with Crippen molar-refractivity contribution in [1.29, 1.82) is 5.26 Å². The summed E-state index contributed by atoms with van der Waals surface area (Å²) in [7, 11) is 0. The Labute approximate surface area is 189 Å². The Morgan fingerprint density at radius 1 is 1.00 bits per heavy atom. The predicted molar refractivity (Wildman–Crippen MR) is 118 cm³/mol. The molecule has 33 heavy (non-hydrogen) atoms. The van der Waals surface area contributed by atoms with Gasteiger partial charge in [-0.25, -0.2) is 0 Å². The highest BCUT2D eigenvalue weighted by molar-refractivity contribution is 5.63. The highest BCUT2D eigenvalue weighted by Crippen LogP contribution is 2.37. The number of likely N-dealkylation sites (tertiary alicyclic amines) is 1. The molecule has 4 nitrogen and oxygen atoms in total. The first-order chi connectivity index (χ1) is 15.8. The highest BCUT2D eigenvalue weighted by atomic mass is 19.4. The Morgan fingerprint density at radius 3 is 2.61 bits per heavy atom. The Morgan fingerprint density at radius 2 is 1.82 bits per heavy atom. The fraction of sp³-hybridized carbons (Fsp3) is 0.308. The fourth-order valence-corrected chi connectivity index (χ4v) is 5.25. The largest absolute Gasteiger partial charge is 0.416 e. The SMILES string of the molecule is N#Cc1cccc(CN2C[C@H]3C[C@H](C2)c2ccc(-c4cccc(C(F)(F)F)c4)c(=O)n2C3)c1. The number of rotatable bonds is 3. The third-order valence-corrected chi connectivity index (χ3v) is 6.64. The van der Waals surface area contributed by atoms with Gasteiger partial charge in [-0.1, -0.05) is 24.3 Å². The molecule has 0 N–H and O–H groups in total. The van der Waals surface area contributed by atoms with Gasteiger partial charge in [0.1, 0.15) is 0 Å². The number of benzene rings is 2. The normalized spacial score (nSPS) is 20.2. The monoisotopic (exact) mass is 449 g/mol. The minimum atomic E-state index is -4.45. The summed E-state index contributed by atoms with van der Waals surface area (Å²) in [5, 5.41) is 9.14. The van der Waals surface area contributed by atoms with Gasteiger partial charge in [-0.15, -0.1) is 0 Å². The molecule has 168 valence electrons. The van der Waals surface area contributed by atoms with Crippen molar-refractivity contribution in [3.63, 3.8) is 0 Å². The molecule has 0 aliphatic carbocycles. The van der Waals surface area contributed by atoms with Crippen molar-refractivity contribution in [1.82, 2.24) is 9.47 Å². The lowest BCUT2D eigenvalue weighted by Gasteiger charge is -2.43. The van der Waals surface area contributed by atoms with Crippen molar-refractivity contribution < 1.29 is 13.2 Å². The van der Waals surface area contributed by atoms with E-state index in [0.717, 1.165) is 49.4 Å². The molecular formula is C26H22F3N3O. The molecule has 7 heteroatoms. The van der Waals surface area contributed by atoms with Crippen LogP contribution in [0.4, 0.5) is 13.2 Å². The minimum absolute atomic E-state index is 0.194. The predicted octanol–water partition coefficient (Wildman–Crippen LogP) is 5.03. The topological polar surface area (TPSA) is 49.0 Å². The van der Waals surface area contributed by atoms with Gasteiger partial charge < -0.3 is 4.57 Å². The minimum Gasteiger partial charge on any atom is -0.311 e. The van der Waals surface area contributed by atoms with E-state index >= 15 is 0 Å². The van der Waals surface area contributed by atoms with E-state index < -0.39 is 11.7 Å². The molecule has 2 atom stereocenters. The molecule has 0 spiro atoms. The third kappa shape index (κ3) is 4.19. The van der Waals surface area contributed by atoms with E-state index in [-0.39, 0.29) is 11.5 Å². The number of nitrogens with zero attached hydrogens (tertiary/aromatic N) is 3. The van der Waals surface area contributed by atoms with Crippen LogP contribution in [-0.2, 0) is 19.3 Å². The number of pyridine rings is 1. The Bertz CT molecular complexity index is 1310. The summed E-state index contributed by atoms with van der Waals surface area (Å²) >= 11 is 0. The van der Waals surface area contributed by atoms with E-state index in [9.17, 15) is 18.0 Å². The average molecular weight is 449 g/mol. The number of halogens is 3. The quantitative estimate of drug-likeness (QED) is 0.564. The van der Waals surface area contributed by atoms with Gasteiger partial charge in [0, 0.05) is 43.4 Å². The molecule has 2 bridgehead atoms. The molecule has 1 saturated heterocycles. The van der Waals surface area contributed by atoms with Crippen molar-refractivity contribution in [2.75, 3.05) is 13.1 Å². The number of fused-ring (bicyclic) bond motifs is 4. The Kier molecular flexibility index (Phi) is 5.34. The summed E-state index contributed by atoms with van der Waals surface area (Å²) < 4.78 is 41.2. The zero-order chi connectivity index (χ0) is 23.2. The standard InChI is InChI=1S/C26H22F3N3O/c27-26(28,29)22-6-2-5-20(11-22)23-7-8-24-21-10-19(15-32(24)25(23)33)14-31(16-21)13-18-4-1-3-17(9-18)12-30/h1-9,11,19,21H,10,13-16H2/t19-,21-/m1/s1. The first kappa shape index (κ1) is 21.5. The fourth-order valence-electron chi connectivity index (χ4n) is 5.25. The van der Waals surface area contributed by atoms with E-state index in [1.165, 1.54) is 6.07 Å². The lowest BCUT2D eigenvalue weighted by Crippen LogP contribution is -2.46. The summed E-state index contributed by atoms with van der Waals surface area (Å²) in [6.45, 7) is 2.95. The molecule has 0 unspecified atom stereocenters. The van der Waals surface area contributed by atoms with Crippen molar-refractivity contribution >= 4 is 0 Å². The lowest BCUT2D eigenvalue weighted by atomic mass is 9.82. The van der Waals surface area contributed by atoms with Crippen LogP contribution in [-0.4, -0.2) is 22.6 Å². The van der Waals surface area contributed by atoms with Crippen LogP contribution in [0.3, 0.4) is 0 Å². The zero-order valence-corrected chi connectivity index (χ0v) is 17.8. The maximum Gasteiger partial charge on any atom is 0.416 e. The maximum atomic E-state index is 13.3. The molecule has 3 aromatic rings. The first-order valence-electron chi connectivity index (χ1n) is 10.9. The highest BCUT2D eigenvalue weighted by Gasteiger charge is 2.35. The molecular weight excluding hydrogens is 427 g/mol. The lowest BCUT2D eigenvalue weighted by molar-refractivity contribution is -0.137. The molecule has 0 saturated carbocycles. The van der Waals surface area contributed by atoms with Gasteiger partial charge in [-0.3, -0.25) is 9.69 Å². The van der Waals surface area contributed by atoms with Crippen LogP contribution in [0.2, 0.25) is 0 Å². The van der Waals surface area contributed by atoms with Crippen molar-refractivity contribution in [3.05, 3.63) is 93.4 Å². The van der Waals surface area contributed by atoms with Crippen molar-refractivity contribution in [3.8, 4) is 17.2 Å². The van der Waals surface area contributed by atoms with Gasteiger partial charge in [0.25, 0.3) is 5.56 Å². The number of hydrogen-bond donors (Lipinski definition) is 0. The molecule has 2 aromatic carbocycles. The number of nitriles is 1. The zero-order valence-electron chi connectivity index (χ0n) is 17.8. The van der Waals surface area contributed by atoms with Gasteiger partial charge in [-0.05, 0) is 59.9 Å². The van der Waals surface area contributed by atoms with Crippen molar-refractivity contribution in [2.24, 2.45) is 5.92 Å². The second-order valence-corrected chi connectivity index (χ2v) is 8.97. The Hall–Kier alpha value is -3.37. The smallest absolute Gasteiger partial charge is 0.311 e. The number of hydrogen-bond acceptors (Lipinski definition) is 3. The maximum absolute atomic E-state index is 13.3. The van der Waals surface area contributed by atoms with Crippen LogP contribution in [0.5, 0.6) is 0 Å². The molecule has 3 heterocycles. The van der Waals surface area contributed by atoms with Gasteiger partial charge >= 0.3 is 6.18 Å². The van der Waals surface area contributed by atoms with Crippen LogP contribution in [0.1, 0.15) is 34.7 Å². The first-order valence-corrected chi connectivity index (χ1v) is 10.9. The molecule has 2 aliphatic rings. The molecule has 2 aliphatic heterocycles. The van der Waals surface area contributed by atoms with E-state index in [1.807, 2.05) is 24.3 Å². The van der Waals surface area contributed by atoms with Gasteiger partial charge in [0.05, 0.1) is 17.2 Å². The van der Waals surface area contributed by atoms with E-state index in [0.29, 0.717) is 29.2 Å². The molecule has 0 amide bonds. The second-order valence-electron chi connectivity index (χ2n) is 8.97. The average Bonchev–Trinajstić information content (AvgIpc) is 2.79. The van der Waals surface area contributed by atoms with Gasteiger partial charge in [-0.2, -0.15) is 18.4 Å². The molecule has 0 radical (unpaired) electrons. The second kappa shape index (κ2) is 8.20. The molecule has 5 rings (SSSR count). The third-order valence-electron chi connectivity index (χ3n) is 6.64. The Balaban J connectivity index is 1.42. The summed E-state index contributed by atoms with van der Waals surface area (Å²) in [4.78, 5) is 15.7. The van der Waals surface area contributed by atoms with E-state index in [2.05, 4.69) is 11.0 Å². The molecule has 1 aromatic heterocycles. The van der Waals surface area contributed by atoms with Gasteiger partial charge in [0.15, 0.2) is 0 Å². The summed E-state index contributed by atoms with van der Waals surface area (Å²) in [5.74, 6) is 0.491. The van der Waals surface area contributed by atoms with Crippen LogP contribution < -0.4 is 5.56 Å². The molecule has 1 fully saturated rings. The van der Waals surface area contributed by atoms with Gasteiger partial charge in [0.2, 0.25) is 0 Å². The summed E-state index contributed by atoms with van der Waals surface area (Å²) in [6.07, 6.45) is -3.45. The number of piperidine rings is 1. The summed E-state index contributed by atoms with van der Waals surface area (Å²) in [6, 6.07) is 18.3. The van der Waals surface area contributed by atoms with Crippen LogP contribution >= 0.6 is 0 Å². The number of alkyl halides is 3. The van der Waals surface area contributed by atoms with E-state index in [4.69, 9.17) is 5.26 Å².